The highest BCUT2D eigenvalue weighted by Crippen LogP contribution is 2.24. The predicted molar refractivity (Wildman–Crippen MR) is 205 cm³/mol. The zero-order valence-electron chi connectivity index (χ0n) is 31.1. The topological polar surface area (TPSA) is 164 Å². The Balaban J connectivity index is 0.000000217. The van der Waals surface area contributed by atoms with E-state index in [2.05, 4.69) is 16.0 Å². The number of hydrogen-bond donors (Lipinski definition) is 1. The van der Waals surface area contributed by atoms with Crippen molar-refractivity contribution in [3.63, 3.8) is 0 Å². The summed E-state index contributed by atoms with van der Waals surface area (Å²) in [5, 5.41) is 17.9. The van der Waals surface area contributed by atoms with Crippen LogP contribution in [-0.4, -0.2) is 88.6 Å². The maximum Gasteiger partial charge on any atom is 0.490 e. The molecule has 2 aliphatic heterocycles. The lowest BCUT2D eigenvalue weighted by Crippen LogP contribution is -2.39. The number of para-hydroxylation sites is 1. The second-order valence-corrected chi connectivity index (χ2v) is 14.6. The van der Waals surface area contributed by atoms with Crippen LogP contribution < -0.4 is 9.47 Å². The number of likely N-dealkylation sites (tertiary alicyclic amines) is 2. The van der Waals surface area contributed by atoms with Crippen molar-refractivity contribution in [3.8, 4) is 17.6 Å². The summed E-state index contributed by atoms with van der Waals surface area (Å²) in [6.07, 6.45) is 2.06. The van der Waals surface area contributed by atoms with Crippen LogP contribution >= 0.6 is 22.7 Å². The molecule has 2 amide bonds. The van der Waals surface area contributed by atoms with Gasteiger partial charge < -0.3 is 33.9 Å². The van der Waals surface area contributed by atoms with E-state index in [-0.39, 0.29) is 18.8 Å². The Kier molecular flexibility index (Phi) is 18.4. The number of carbonyl (C=O) groups is 3. The van der Waals surface area contributed by atoms with Gasteiger partial charge in [0.15, 0.2) is 0 Å². The van der Waals surface area contributed by atoms with E-state index in [1.807, 2.05) is 47.8 Å². The van der Waals surface area contributed by atoms with Crippen molar-refractivity contribution in [1.82, 2.24) is 19.8 Å². The quantitative estimate of drug-likeness (QED) is 0.146. The van der Waals surface area contributed by atoms with E-state index in [1.165, 1.54) is 22.7 Å². The van der Waals surface area contributed by atoms with Gasteiger partial charge in [0.1, 0.15) is 24.7 Å². The number of rotatable bonds is 12. The highest BCUT2D eigenvalue weighted by atomic mass is 32.1. The first-order chi connectivity index (χ1) is 27.5. The molecular formula is C39H44F3N5O8S2. The van der Waals surface area contributed by atoms with Crippen molar-refractivity contribution >= 4 is 40.8 Å². The Morgan fingerprint density at radius 3 is 1.89 bits per heavy atom. The molecule has 2 fully saturated rings. The number of thiazole rings is 2. The minimum Gasteiger partial charge on any atom is -0.494 e. The Bertz CT molecular complexity index is 1810. The largest absolute Gasteiger partial charge is 0.494 e. The Hall–Kier alpha value is -5.41. The van der Waals surface area contributed by atoms with Crippen LogP contribution in [0.15, 0.2) is 77.2 Å². The number of amides is 2. The van der Waals surface area contributed by atoms with Crippen LogP contribution in [0.3, 0.4) is 0 Å². The number of ether oxygens (including phenoxy) is 4. The maximum absolute atomic E-state index is 12.1. The van der Waals surface area contributed by atoms with Gasteiger partial charge in [-0.25, -0.2) is 19.4 Å². The normalized spacial score (nSPS) is 14.5. The summed E-state index contributed by atoms with van der Waals surface area (Å²) in [5.74, 6) is 0.0391. The van der Waals surface area contributed by atoms with Crippen molar-refractivity contribution in [2.24, 2.45) is 11.8 Å². The fourth-order valence-corrected chi connectivity index (χ4v) is 6.79. The lowest BCUT2D eigenvalue weighted by atomic mass is 9.94. The molecule has 4 aromatic rings. The SMILES string of the molecule is N#Cc1cccc(OCCC2CCN(C(=O)OCc3cscn3)CC2)c1.O=C(O)C(F)(F)F.O=C(OCc1cncs1)N1CCC(CCOc2ccccc2)CC1. The summed E-state index contributed by atoms with van der Waals surface area (Å²) in [6, 6.07) is 19.2. The fourth-order valence-electron chi connectivity index (χ4n) is 5.74. The van der Waals surface area contributed by atoms with Crippen LogP contribution in [-0.2, 0) is 27.5 Å². The van der Waals surface area contributed by atoms with Gasteiger partial charge in [0.25, 0.3) is 0 Å². The van der Waals surface area contributed by atoms with Crippen LogP contribution in [0.2, 0.25) is 0 Å². The summed E-state index contributed by atoms with van der Waals surface area (Å²) in [6.45, 7) is 4.84. The molecule has 57 heavy (non-hydrogen) atoms. The fraction of sp³-hybridized carbons (Fsp3) is 0.436. The molecule has 18 heteroatoms. The minimum absolute atomic E-state index is 0.220. The number of nitriles is 1. The first-order valence-corrected chi connectivity index (χ1v) is 20.0. The third-order valence-electron chi connectivity index (χ3n) is 8.93. The van der Waals surface area contributed by atoms with E-state index in [1.54, 1.807) is 39.2 Å². The Morgan fingerprint density at radius 1 is 0.825 bits per heavy atom. The zero-order chi connectivity index (χ0) is 40.9. The molecule has 2 aromatic carbocycles. The van der Waals surface area contributed by atoms with Crippen LogP contribution in [0.5, 0.6) is 11.5 Å². The third-order valence-corrected chi connectivity index (χ3v) is 10.3. The Labute approximate surface area is 336 Å². The molecule has 0 radical (unpaired) electrons. The summed E-state index contributed by atoms with van der Waals surface area (Å²) >= 11 is 2.99. The number of hydrogen-bond acceptors (Lipinski definition) is 12. The second kappa shape index (κ2) is 23.6. The van der Waals surface area contributed by atoms with Gasteiger partial charge in [-0.15, -0.1) is 22.7 Å². The molecule has 0 saturated carbocycles. The molecule has 0 atom stereocenters. The molecule has 2 aliphatic rings. The summed E-state index contributed by atoms with van der Waals surface area (Å²) in [7, 11) is 0. The van der Waals surface area contributed by atoms with Gasteiger partial charge in [-0.3, -0.25) is 4.98 Å². The first-order valence-electron chi connectivity index (χ1n) is 18.2. The molecule has 306 valence electrons. The average Bonchev–Trinajstić information content (AvgIpc) is 3.96. The molecule has 6 rings (SSSR count). The van der Waals surface area contributed by atoms with Crippen molar-refractivity contribution < 1.29 is 51.6 Å². The lowest BCUT2D eigenvalue weighted by molar-refractivity contribution is -0.192. The standard InChI is InChI=1S/C19H21N3O3S.C18H22N2O3S.C2HF3O2/c20-11-16-2-1-3-18(10-16)24-9-6-15-4-7-22(8-5-15)19(23)25-12-17-13-26-14-21-17;21-18(23-13-17-12-19-14-24-17)20-9-6-15(7-10-20)8-11-22-16-4-2-1-3-5-16;3-2(4,5)1(6)7/h1-3,10,13-15H,4-9,12H2;1-5,12,14-15H,6-11,13H2;(H,6,7). The van der Waals surface area contributed by atoms with Gasteiger partial charge in [0.05, 0.1) is 46.4 Å². The molecular weight excluding hydrogens is 788 g/mol. The van der Waals surface area contributed by atoms with E-state index >= 15 is 0 Å². The molecule has 0 bridgehead atoms. The number of carboxylic acid groups (broad SMARTS) is 1. The molecule has 13 nitrogen and oxygen atoms in total. The molecule has 0 unspecified atom stereocenters. The molecule has 4 heterocycles. The van der Waals surface area contributed by atoms with E-state index in [0.29, 0.717) is 43.7 Å². The number of alkyl halides is 3. The number of aliphatic carboxylic acids is 1. The van der Waals surface area contributed by atoms with Gasteiger partial charge in [0.2, 0.25) is 0 Å². The van der Waals surface area contributed by atoms with Gasteiger partial charge in [-0.1, -0.05) is 24.3 Å². The van der Waals surface area contributed by atoms with Crippen molar-refractivity contribution in [3.05, 3.63) is 93.3 Å². The number of carbonyl (C=O) groups excluding carboxylic acids is 2. The van der Waals surface area contributed by atoms with Crippen molar-refractivity contribution in [1.29, 1.82) is 5.26 Å². The van der Waals surface area contributed by atoms with Crippen molar-refractivity contribution in [2.45, 2.75) is 57.9 Å². The highest BCUT2D eigenvalue weighted by molar-refractivity contribution is 7.09. The smallest absolute Gasteiger partial charge is 0.490 e. The highest BCUT2D eigenvalue weighted by Gasteiger charge is 2.38. The number of benzene rings is 2. The summed E-state index contributed by atoms with van der Waals surface area (Å²) in [4.78, 5) is 45.7. The van der Waals surface area contributed by atoms with Crippen LogP contribution in [0, 0.1) is 23.2 Å². The lowest BCUT2D eigenvalue weighted by Gasteiger charge is -2.31. The summed E-state index contributed by atoms with van der Waals surface area (Å²) < 4.78 is 53.9. The molecule has 0 spiro atoms. The first kappa shape index (κ1) is 44.3. The van der Waals surface area contributed by atoms with Crippen molar-refractivity contribution in [2.75, 3.05) is 39.4 Å². The van der Waals surface area contributed by atoms with E-state index < -0.39 is 12.1 Å². The number of halogens is 3. The second-order valence-electron chi connectivity index (χ2n) is 12.9. The third kappa shape index (κ3) is 16.7. The van der Waals surface area contributed by atoms with E-state index in [4.69, 9.17) is 34.1 Å². The maximum atomic E-state index is 12.1. The van der Waals surface area contributed by atoms with Gasteiger partial charge in [-0.05, 0) is 80.7 Å². The van der Waals surface area contributed by atoms with Crippen LogP contribution in [0.4, 0.5) is 22.8 Å². The van der Waals surface area contributed by atoms with Crippen LogP contribution in [0.25, 0.3) is 0 Å². The average molecular weight is 832 g/mol. The monoisotopic (exact) mass is 831 g/mol. The van der Waals surface area contributed by atoms with Gasteiger partial charge in [-0.2, -0.15) is 18.4 Å². The Morgan fingerprint density at radius 2 is 1.39 bits per heavy atom. The predicted octanol–water partition coefficient (Wildman–Crippen LogP) is 8.43. The number of carboxylic acids is 1. The van der Waals surface area contributed by atoms with Crippen LogP contribution in [0.1, 0.15) is 54.7 Å². The zero-order valence-corrected chi connectivity index (χ0v) is 32.7. The number of nitrogens with zero attached hydrogens (tertiary/aromatic N) is 5. The summed E-state index contributed by atoms with van der Waals surface area (Å²) in [5.41, 5.74) is 4.86. The van der Waals surface area contributed by atoms with E-state index in [0.717, 1.165) is 80.3 Å². The van der Waals surface area contributed by atoms with Gasteiger partial charge >= 0.3 is 24.3 Å². The van der Waals surface area contributed by atoms with Gasteiger partial charge in [0, 0.05) is 37.8 Å². The number of aromatic nitrogens is 2. The number of piperidine rings is 2. The molecule has 1 N–H and O–H groups in total. The molecule has 2 saturated heterocycles. The minimum atomic E-state index is -5.08. The van der Waals surface area contributed by atoms with E-state index in [9.17, 15) is 22.8 Å². The molecule has 2 aromatic heterocycles. The molecule has 0 aliphatic carbocycles.